The monoisotopic (exact) mass is 2040 g/mol. The zero-order valence-electron chi connectivity index (χ0n) is 95.6. The van der Waals surface area contributed by atoms with Gasteiger partial charge in [0.05, 0.1) is 0 Å². The topological polar surface area (TPSA) is 75.6 Å². The van der Waals surface area contributed by atoms with Gasteiger partial charge in [-0.25, -0.2) is 0 Å². The van der Waals surface area contributed by atoms with Crippen molar-refractivity contribution in [2.45, 2.75) is 328 Å². The molecule has 1 amide bonds. The maximum atomic E-state index is 17.8. The molecule has 1 atom stereocenters. The molecule has 0 aliphatic rings. The molecule has 6 heteroatoms. The molecule has 0 aromatic heterocycles. The Morgan fingerprint density at radius 1 is 0.208 bits per heavy atom. The van der Waals surface area contributed by atoms with Crippen molar-refractivity contribution in [3.8, 4) is 156 Å². The Morgan fingerprint density at radius 2 is 0.336 bits per heavy atom. The van der Waals surface area contributed by atoms with Crippen molar-refractivity contribution in [1.82, 2.24) is 5.32 Å². The third-order valence-corrected chi connectivity index (χ3v) is 32.2. The Labute approximate surface area is 902 Å². The van der Waals surface area contributed by atoms with Gasteiger partial charge in [-0.05, 0) is 252 Å². The molecule has 2 N–H and O–H groups in total. The number of carbonyl (C=O) groups is 2. The first-order valence-electron chi connectivity index (χ1n) is 55.7. The molecule has 0 aliphatic heterocycles. The molecule has 772 valence electrons. The van der Waals surface area contributed by atoms with E-state index in [4.69, 9.17) is 4.74 Å². The van der Waals surface area contributed by atoms with E-state index in [9.17, 15) is 8.98 Å². The van der Waals surface area contributed by atoms with Crippen LogP contribution in [0.2, 0.25) is 5.32 Å². The summed E-state index contributed by atoms with van der Waals surface area (Å²) in [6.07, 6.45) is 0. The Balaban J connectivity index is 1.18. The van der Waals surface area contributed by atoms with Gasteiger partial charge in [-0.3, -0.25) is 0 Å². The molecule has 15 rings (SSSR count). The molecular formula is C143H165NO4Se. The maximum absolute atomic E-state index is 17.8. The van der Waals surface area contributed by atoms with E-state index in [0.29, 0.717) is 16.7 Å². The van der Waals surface area contributed by atoms with Gasteiger partial charge in [-0.15, -0.1) is 0 Å². The number of carbonyl (C=O) groups excluding carboxylic acids is 2. The average molecular weight is 2040 g/mol. The minimum absolute atomic E-state index is 0.0292. The predicted octanol–water partition coefficient (Wildman–Crippen LogP) is 41.3. The quantitative estimate of drug-likeness (QED) is 0.0307. The number of hydrogen-bond donors (Lipinski definition) is 2. The second-order valence-electron chi connectivity index (χ2n) is 47.3. The molecule has 0 unspecified atom stereocenters. The number of benzene rings is 15. The summed E-state index contributed by atoms with van der Waals surface area (Å²) in [6.45, 7) is 74.7. The first-order valence-corrected chi connectivity index (χ1v) is 57.6. The first-order chi connectivity index (χ1) is 70.9. The summed E-state index contributed by atoms with van der Waals surface area (Å²) in [7, 11) is 1.37. The van der Waals surface area contributed by atoms with Crippen LogP contribution in [0.25, 0.3) is 156 Å². The van der Waals surface area contributed by atoms with Gasteiger partial charge in [0.1, 0.15) is 0 Å². The summed E-state index contributed by atoms with van der Waals surface area (Å²) < 4.78 is 17.0. The van der Waals surface area contributed by atoms with E-state index in [1.807, 2.05) is 0 Å². The fourth-order valence-corrected chi connectivity index (χ4v) is 24.3. The van der Waals surface area contributed by atoms with E-state index in [2.05, 4.69) is 500 Å². The summed E-state index contributed by atoms with van der Waals surface area (Å²) in [5.41, 5.74) is 51.1. The van der Waals surface area contributed by atoms with Gasteiger partial charge < -0.3 is 0 Å². The average Bonchev–Trinajstić information content (AvgIpc) is 0.754. The summed E-state index contributed by atoms with van der Waals surface area (Å²) in [4.78, 5) is 32.6. The van der Waals surface area contributed by atoms with E-state index in [1.54, 1.807) is 0 Å². The van der Waals surface area contributed by atoms with Gasteiger partial charge in [0, 0.05) is 0 Å². The Kier molecular flexibility index (Phi) is 35.0. The van der Waals surface area contributed by atoms with Crippen molar-refractivity contribution in [3.63, 3.8) is 0 Å². The fourth-order valence-electron chi connectivity index (χ4n) is 23.5. The van der Waals surface area contributed by atoms with E-state index in [1.165, 1.54) is 141 Å². The molecule has 0 saturated carbocycles. The van der Waals surface area contributed by atoms with Crippen LogP contribution in [-0.2, 0) is 9.53 Å². The van der Waals surface area contributed by atoms with Gasteiger partial charge in [-0.1, -0.05) is 367 Å². The Hall–Kier alpha value is -12.3. The molecule has 0 saturated heterocycles. The first kappa shape index (κ1) is 111. The normalized spacial score (nSPS) is 12.3. The van der Waals surface area contributed by atoms with Crippen molar-refractivity contribution in [3.05, 3.63) is 368 Å². The van der Waals surface area contributed by atoms with Crippen LogP contribution in [0, 0.1) is 0 Å². The van der Waals surface area contributed by atoms with Crippen molar-refractivity contribution in [1.29, 1.82) is 0 Å². The summed E-state index contributed by atoms with van der Waals surface area (Å²) in [5, 5.41) is 3.34. The van der Waals surface area contributed by atoms with Crippen LogP contribution < -0.4 is 5.32 Å². The van der Waals surface area contributed by atoms with Gasteiger partial charge in [0.25, 0.3) is 0 Å². The number of amides is 1. The van der Waals surface area contributed by atoms with E-state index in [0.717, 1.165) is 100 Å². The van der Waals surface area contributed by atoms with Crippen LogP contribution in [0.3, 0.4) is 0 Å². The number of ether oxygens (including phenoxy) is 1. The zero-order chi connectivity index (χ0) is 108. The molecule has 15 aromatic rings. The number of nitrogens with one attached hydrogen (secondary N) is 1. The summed E-state index contributed by atoms with van der Waals surface area (Å²) in [5.74, 6) is 1.94. The molecule has 149 heavy (non-hydrogen) atoms. The number of hydrogen-bond acceptors (Lipinski definition) is 4. The summed E-state index contributed by atoms with van der Waals surface area (Å²) in [6, 6.07) is 105. The fraction of sp³-hybridized carbons (Fsp3) is 0.357. The van der Waals surface area contributed by atoms with Crippen molar-refractivity contribution >= 4 is 27.2 Å². The Bertz CT molecular complexity index is 6090. The van der Waals surface area contributed by atoms with E-state index < -0.39 is 33.2 Å². The summed E-state index contributed by atoms with van der Waals surface area (Å²) >= 11 is -1.06. The molecule has 0 radical (unpaired) electrons. The van der Waals surface area contributed by atoms with Crippen LogP contribution in [0.5, 0.6) is 0 Å². The van der Waals surface area contributed by atoms with Crippen LogP contribution in [0.1, 0.15) is 416 Å². The van der Waals surface area contributed by atoms with Crippen LogP contribution in [0.4, 0.5) is 0 Å². The van der Waals surface area contributed by atoms with Gasteiger partial charge >= 0.3 is 289 Å². The molecule has 0 heterocycles. The van der Waals surface area contributed by atoms with Crippen molar-refractivity contribution in [2.24, 2.45) is 0 Å². The molecule has 0 fully saturated rings. The Morgan fingerprint density at radius 3 is 0.470 bits per heavy atom. The molecule has 5 nitrogen and oxygen atoms in total. The van der Waals surface area contributed by atoms with Crippen molar-refractivity contribution < 1.29 is 18.5 Å². The number of rotatable bonds is 35. The van der Waals surface area contributed by atoms with Gasteiger partial charge in [0.2, 0.25) is 0 Å². The third-order valence-electron chi connectivity index (χ3n) is 31.2. The number of methoxy groups -OCH3 is 1. The number of esters is 1. The van der Waals surface area contributed by atoms with Gasteiger partial charge in [-0.2, -0.15) is 0 Å². The predicted molar refractivity (Wildman–Crippen MR) is 644 cm³/mol. The van der Waals surface area contributed by atoms with E-state index >= 15 is 4.79 Å². The molecular weight excluding hydrogens is 1870 g/mol. The molecule has 15 aromatic carbocycles. The molecule has 0 bridgehead atoms. The third kappa shape index (κ3) is 23.3. The van der Waals surface area contributed by atoms with Crippen LogP contribution in [-0.4, -0.2) is 44.5 Å². The second kappa shape index (κ2) is 47.1. The van der Waals surface area contributed by atoms with E-state index in [-0.39, 0.29) is 100 Å². The van der Waals surface area contributed by atoms with Crippen LogP contribution >= 0.6 is 0 Å². The molecule has 0 aliphatic carbocycles. The van der Waals surface area contributed by atoms with Crippen molar-refractivity contribution in [2.75, 3.05) is 7.11 Å². The zero-order valence-corrected chi connectivity index (χ0v) is 97.3. The SMILES string of the molecule is COC(=O)[C@H](C[Se]O)NC(=O)c1c(-c2cc(-c3cc(-c4c(C(C)C)cccc4C(C)C)cc(-c4c(C(C)C)cccc4C(C)C)c3)cc(-c3cc(-c4c(C(C)C)cccc4C(C)C)cc(-c4c(C(C)C)cccc4C(C)C)c3)c2)cccc1-c1cc(-c2cc(-c3c(C(C)C)cccc3C(C)C)cc(-c3c(C(C)C)cccc3C(C)C)c2)cc(-c2cc(-c3c(C(C)C)cccc3C(C)C)cc(-c3c(C(C)C)cccc3C(C)C)c2)c1. The minimum atomic E-state index is -1.21. The standard InChI is InChI=1S/C143H165NO4Se/c1-80(2)114-43-34-44-115(81(3)4)133(114)106-67-100(68-107(75-106)134-116(82(5)6)45-35-46-117(134)83(7)8)96-61-97(101-69-108(135-118(84(9)10)47-36-48-119(135)85(11)12)76-109(70-101)136-120(86(13)14)49-37-50-121(136)87(15)16)64-104(63-96)130-59-42-60-131(141(130)142(145)144-132(79-149-147)143(146)148-33)105-65-98(102-71-110(137-122(88(17)18)51-38-52-123(137)89(19)20)77-111(72-102)138-124(90(21)22)53-39-54-125(138)91(23)24)62-99(66-105)103-73-112(139-126(92(25)26)55-40-56-127(139)93(27)28)78-113(74-103)140-128(94(29)30)57-41-58-129(140)95(31)32/h34-78,80-95,132,147H,79H2,1-33H3,(H,144,145)/t132-/m0/s1. The molecule has 0 spiro atoms. The van der Waals surface area contributed by atoms with Gasteiger partial charge in [0.15, 0.2) is 0 Å². The van der Waals surface area contributed by atoms with Crippen LogP contribution in [0.15, 0.2) is 273 Å². The second-order valence-corrected chi connectivity index (χ2v) is 48.6.